The first-order valence-electron chi connectivity index (χ1n) is 9.47. The van der Waals surface area contributed by atoms with E-state index in [0.29, 0.717) is 17.9 Å². The van der Waals surface area contributed by atoms with Crippen molar-refractivity contribution in [3.05, 3.63) is 89.5 Å². The molecule has 3 aromatic rings. The van der Waals surface area contributed by atoms with Gasteiger partial charge in [-0.25, -0.2) is 0 Å². The van der Waals surface area contributed by atoms with Crippen LogP contribution in [-0.4, -0.2) is 11.5 Å². The summed E-state index contributed by atoms with van der Waals surface area (Å²) in [6.45, 7) is 3.90. The lowest BCUT2D eigenvalue weighted by Gasteiger charge is -2.26. The summed E-state index contributed by atoms with van der Waals surface area (Å²) < 4.78 is 47.0. The molecule has 0 saturated carbocycles. The molecule has 0 spiro atoms. The summed E-state index contributed by atoms with van der Waals surface area (Å²) in [5, 5.41) is 9.63. The number of benzene rings is 3. The number of aliphatic hydroxyl groups excluding tert-OH is 1. The standard InChI is InChI=1S/C24H23F3O3/c1-23(2,19-8-10-21(11-9-19)30-24(25,26)27)15-17-12-18(16-28)14-22(13-17)29-20-6-4-3-5-7-20/h3-14,28H,15-16H2,1-2H3. The molecule has 0 fully saturated rings. The Hall–Kier alpha value is -2.99. The van der Waals surface area contributed by atoms with Crippen molar-refractivity contribution in [2.24, 2.45) is 0 Å². The summed E-state index contributed by atoms with van der Waals surface area (Å²) >= 11 is 0. The van der Waals surface area contributed by atoms with Crippen LogP contribution in [0.3, 0.4) is 0 Å². The van der Waals surface area contributed by atoms with E-state index in [0.717, 1.165) is 16.7 Å². The fraction of sp³-hybridized carbons (Fsp3) is 0.250. The van der Waals surface area contributed by atoms with Gasteiger partial charge >= 0.3 is 6.36 Å². The van der Waals surface area contributed by atoms with Crippen molar-refractivity contribution in [1.29, 1.82) is 0 Å². The summed E-state index contributed by atoms with van der Waals surface area (Å²) in [6.07, 6.45) is -4.11. The van der Waals surface area contributed by atoms with E-state index in [1.807, 2.05) is 56.3 Å². The van der Waals surface area contributed by atoms with Gasteiger partial charge in [-0.3, -0.25) is 0 Å². The van der Waals surface area contributed by atoms with Gasteiger partial charge < -0.3 is 14.6 Å². The lowest BCUT2D eigenvalue weighted by atomic mass is 9.79. The smallest absolute Gasteiger partial charge is 0.457 e. The Labute approximate surface area is 173 Å². The average Bonchev–Trinajstić information content (AvgIpc) is 2.67. The summed E-state index contributed by atoms with van der Waals surface area (Å²) in [7, 11) is 0. The van der Waals surface area contributed by atoms with Crippen molar-refractivity contribution in [3.63, 3.8) is 0 Å². The van der Waals surface area contributed by atoms with Crippen LogP contribution in [-0.2, 0) is 18.4 Å². The molecule has 1 N–H and O–H groups in total. The number of hydrogen-bond donors (Lipinski definition) is 1. The predicted octanol–water partition coefficient (Wildman–Crippen LogP) is 6.39. The molecule has 3 nitrogen and oxygen atoms in total. The van der Waals surface area contributed by atoms with E-state index in [1.165, 1.54) is 12.1 Å². The van der Waals surface area contributed by atoms with Crippen LogP contribution in [0.25, 0.3) is 0 Å². The van der Waals surface area contributed by atoms with Gasteiger partial charge in [-0.1, -0.05) is 50.2 Å². The third-order valence-electron chi connectivity index (χ3n) is 4.70. The van der Waals surface area contributed by atoms with Crippen LogP contribution in [0.1, 0.15) is 30.5 Å². The lowest BCUT2D eigenvalue weighted by molar-refractivity contribution is -0.274. The second kappa shape index (κ2) is 8.79. The Morgan fingerprint density at radius 3 is 2.00 bits per heavy atom. The molecule has 0 amide bonds. The van der Waals surface area contributed by atoms with Crippen molar-refractivity contribution in [2.45, 2.75) is 38.7 Å². The van der Waals surface area contributed by atoms with Crippen molar-refractivity contribution >= 4 is 0 Å². The highest BCUT2D eigenvalue weighted by molar-refractivity contribution is 5.40. The third kappa shape index (κ3) is 6.00. The van der Waals surface area contributed by atoms with Crippen molar-refractivity contribution in [1.82, 2.24) is 0 Å². The Balaban J connectivity index is 1.80. The molecular weight excluding hydrogens is 393 g/mol. The number of alkyl halides is 3. The van der Waals surface area contributed by atoms with E-state index in [-0.39, 0.29) is 17.8 Å². The molecule has 0 bridgehead atoms. The van der Waals surface area contributed by atoms with Crippen molar-refractivity contribution in [3.8, 4) is 17.2 Å². The van der Waals surface area contributed by atoms with Gasteiger partial charge in [0.25, 0.3) is 0 Å². The van der Waals surface area contributed by atoms with Gasteiger partial charge in [0.1, 0.15) is 17.2 Å². The molecule has 30 heavy (non-hydrogen) atoms. The van der Waals surface area contributed by atoms with Crippen molar-refractivity contribution in [2.75, 3.05) is 0 Å². The topological polar surface area (TPSA) is 38.7 Å². The maximum absolute atomic E-state index is 12.4. The van der Waals surface area contributed by atoms with Crippen LogP contribution in [0.2, 0.25) is 0 Å². The Bertz CT molecular complexity index is 965. The van der Waals surface area contributed by atoms with Crippen LogP contribution in [0.4, 0.5) is 13.2 Å². The molecule has 0 heterocycles. The minimum Gasteiger partial charge on any atom is -0.457 e. The maximum atomic E-state index is 12.4. The number of rotatable bonds is 7. The fourth-order valence-electron chi connectivity index (χ4n) is 3.33. The van der Waals surface area contributed by atoms with Gasteiger partial charge in [-0.05, 0) is 64.9 Å². The molecule has 3 aromatic carbocycles. The SMILES string of the molecule is CC(C)(Cc1cc(CO)cc(Oc2ccccc2)c1)c1ccc(OC(F)(F)F)cc1. The number of halogens is 3. The van der Waals surface area contributed by atoms with E-state index in [4.69, 9.17) is 4.74 Å². The van der Waals surface area contributed by atoms with Crippen LogP contribution < -0.4 is 9.47 Å². The molecule has 158 valence electrons. The molecule has 0 aliphatic rings. The van der Waals surface area contributed by atoms with E-state index in [1.54, 1.807) is 18.2 Å². The first-order chi connectivity index (χ1) is 14.1. The Morgan fingerprint density at radius 1 is 0.767 bits per heavy atom. The van der Waals surface area contributed by atoms with Crippen LogP contribution >= 0.6 is 0 Å². The number of ether oxygens (including phenoxy) is 2. The first kappa shape index (κ1) is 21.7. The summed E-state index contributed by atoms with van der Waals surface area (Å²) in [5.74, 6) is 1.06. The largest absolute Gasteiger partial charge is 0.573 e. The minimum absolute atomic E-state index is 0.122. The third-order valence-corrected chi connectivity index (χ3v) is 4.70. The van der Waals surface area contributed by atoms with Gasteiger partial charge in [0.05, 0.1) is 6.61 Å². The molecule has 0 aliphatic carbocycles. The normalized spacial score (nSPS) is 11.9. The molecule has 0 aliphatic heterocycles. The zero-order valence-electron chi connectivity index (χ0n) is 16.7. The molecule has 0 radical (unpaired) electrons. The monoisotopic (exact) mass is 416 g/mol. The maximum Gasteiger partial charge on any atom is 0.573 e. The molecule has 0 unspecified atom stereocenters. The highest BCUT2D eigenvalue weighted by Gasteiger charge is 2.31. The number of hydrogen-bond acceptors (Lipinski definition) is 3. The zero-order valence-corrected chi connectivity index (χ0v) is 16.7. The molecule has 0 atom stereocenters. The summed E-state index contributed by atoms with van der Waals surface area (Å²) in [5.41, 5.74) is 2.18. The summed E-state index contributed by atoms with van der Waals surface area (Å²) in [4.78, 5) is 0. The van der Waals surface area contributed by atoms with E-state index < -0.39 is 6.36 Å². The average molecular weight is 416 g/mol. The first-order valence-corrected chi connectivity index (χ1v) is 9.47. The summed E-state index contributed by atoms with van der Waals surface area (Å²) in [6, 6.07) is 20.9. The van der Waals surface area contributed by atoms with E-state index in [9.17, 15) is 18.3 Å². The number of para-hydroxylation sites is 1. The zero-order chi connectivity index (χ0) is 21.8. The molecule has 6 heteroatoms. The molecular formula is C24H23F3O3. The van der Waals surface area contributed by atoms with Crippen LogP contribution in [0, 0.1) is 0 Å². The van der Waals surface area contributed by atoms with Crippen LogP contribution in [0.15, 0.2) is 72.8 Å². The van der Waals surface area contributed by atoms with Gasteiger partial charge in [0.15, 0.2) is 0 Å². The van der Waals surface area contributed by atoms with Crippen molar-refractivity contribution < 1.29 is 27.8 Å². The quantitative estimate of drug-likeness (QED) is 0.485. The van der Waals surface area contributed by atoms with Gasteiger partial charge in [0, 0.05) is 0 Å². The Kier molecular flexibility index (Phi) is 6.37. The Morgan fingerprint density at radius 2 is 1.40 bits per heavy atom. The van der Waals surface area contributed by atoms with E-state index >= 15 is 0 Å². The molecule has 3 rings (SSSR count). The van der Waals surface area contributed by atoms with E-state index in [2.05, 4.69) is 4.74 Å². The van der Waals surface area contributed by atoms with Crippen LogP contribution in [0.5, 0.6) is 17.2 Å². The molecule has 0 aromatic heterocycles. The second-order valence-electron chi connectivity index (χ2n) is 7.69. The minimum atomic E-state index is -4.71. The van der Waals surface area contributed by atoms with Gasteiger partial charge in [-0.2, -0.15) is 0 Å². The second-order valence-corrected chi connectivity index (χ2v) is 7.69. The fourth-order valence-corrected chi connectivity index (χ4v) is 3.33. The van der Waals surface area contributed by atoms with Gasteiger partial charge in [-0.15, -0.1) is 13.2 Å². The number of aliphatic hydroxyl groups is 1. The van der Waals surface area contributed by atoms with Gasteiger partial charge in [0.2, 0.25) is 0 Å². The predicted molar refractivity (Wildman–Crippen MR) is 109 cm³/mol. The molecule has 0 saturated heterocycles. The highest BCUT2D eigenvalue weighted by Crippen LogP contribution is 2.33. The lowest BCUT2D eigenvalue weighted by Crippen LogP contribution is -2.21. The highest BCUT2D eigenvalue weighted by atomic mass is 19.4.